The van der Waals surface area contributed by atoms with Crippen molar-refractivity contribution in [3.05, 3.63) is 0 Å². The number of rotatable bonds is 4. The molecule has 0 atom stereocenters. The van der Waals surface area contributed by atoms with Gasteiger partial charge in [0.05, 0.1) is 12.2 Å². The Bertz CT molecular complexity index is 87.3. The van der Waals surface area contributed by atoms with Gasteiger partial charge in [0, 0.05) is 6.61 Å². The van der Waals surface area contributed by atoms with Gasteiger partial charge in [-0.3, -0.25) is 0 Å². The van der Waals surface area contributed by atoms with Crippen molar-refractivity contribution in [2.24, 2.45) is 0 Å². The molecule has 0 aliphatic heterocycles. The molecule has 2 nitrogen and oxygen atoms in total. The fourth-order valence-electron chi connectivity index (χ4n) is 1.07. The number of hydrogen-bond donors (Lipinski definition) is 1. The summed E-state index contributed by atoms with van der Waals surface area (Å²) in [6.45, 7) is 3.02. The van der Waals surface area contributed by atoms with E-state index in [-0.39, 0.29) is 6.10 Å². The van der Waals surface area contributed by atoms with Crippen LogP contribution in [-0.4, -0.2) is 23.9 Å². The molecule has 0 bridgehead atoms. The van der Waals surface area contributed by atoms with Crippen LogP contribution < -0.4 is 0 Å². The lowest BCUT2D eigenvalue weighted by molar-refractivity contribution is -0.0711. The van der Waals surface area contributed by atoms with Crippen molar-refractivity contribution in [3.8, 4) is 0 Å². The summed E-state index contributed by atoms with van der Waals surface area (Å²) in [4.78, 5) is 0. The lowest BCUT2D eigenvalue weighted by Gasteiger charge is -2.31. The molecule has 1 aliphatic rings. The van der Waals surface area contributed by atoms with E-state index in [4.69, 9.17) is 9.84 Å². The molecule has 0 spiro atoms. The third kappa shape index (κ3) is 2.27. The van der Waals surface area contributed by atoms with E-state index >= 15 is 0 Å². The van der Waals surface area contributed by atoms with E-state index in [1.54, 1.807) is 0 Å². The smallest absolute Gasteiger partial charge is 0.0624 e. The zero-order chi connectivity index (χ0) is 7.40. The van der Waals surface area contributed by atoms with Gasteiger partial charge in [0.2, 0.25) is 0 Å². The molecule has 0 radical (unpaired) electrons. The zero-order valence-electron chi connectivity index (χ0n) is 6.55. The Kier molecular flexibility index (Phi) is 3.16. The van der Waals surface area contributed by atoms with Gasteiger partial charge in [-0.2, -0.15) is 0 Å². The Labute approximate surface area is 62.2 Å². The Morgan fingerprint density at radius 3 is 2.70 bits per heavy atom. The molecule has 10 heavy (non-hydrogen) atoms. The molecule has 0 aromatic carbocycles. The predicted molar refractivity (Wildman–Crippen MR) is 39.9 cm³/mol. The van der Waals surface area contributed by atoms with Crippen LogP contribution in [0.3, 0.4) is 0 Å². The maximum absolute atomic E-state index is 8.89. The van der Waals surface area contributed by atoms with Gasteiger partial charge in [-0.15, -0.1) is 0 Å². The normalized spacial score (nSPS) is 31.8. The Hall–Kier alpha value is -0.0800. The van der Waals surface area contributed by atoms with E-state index in [1.165, 1.54) is 6.42 Å². The summed E-state index contributed by atoms with van der Waals surface area (Å²) in [7, 11) is 0. The molecule has 60 valence electrons. The van der Waals surface area contributed by atoms with Crippen molar-refractivity contribution in [2.75, 3.05) is 6.61 Å². The lowest BCUT2D eigenvalue weighted by Crippen LogP contribution is -2.35. The monoisotopic (exact) mass is 144 g/mol. The molecule has 1 N–H and O–H groups in total. The maximum Gasteiger partial charge on any atom is 0.0624 e. The summed E-state index contributed by atoms with van der Waals surface area (Å²) >= 11 is 0. The minimum Gasteiger partial charge on any atom is -0.393 e. The van der Waals surface area contributed by atoms with Gasteiger partial charge >= 0.3 is 0 Å². The van der Waals surface area contributed by atoms with Crippen LogP contribution in [0.1, 0.15) is 32.6 Å². The summed E-state index contributed by atoms with van der Waals surface area (Å²) in [5.74, 6) is 0. The molecule has 0 aromatic heterocycles. The van der Waals surface area contributed by atoms with E-state index in [2.05, 4.69) is 6.92 Å². The highest BCUT2D eigenvalue weighted by Gasteiger charge is 2.27. The molecule has 0 unspecified atom stereocenters. The molecule has 1 aliphatic carbocycles. The van der Waals surface area contributed by atoms with Crippen LogP contribution in [0.2, 0.25) is 0 Å². The van der Waals surface area contributed by atoms with Crippen LogP contribution in [0.5, 0.6) is 0 Å². The van der Waals surface area contributed by atoms with Crippen molar-refractivity contribution in [1.29, 1.82) is 0 Å². The van der Waals surface area contributed by atoms with Crippen molar-refractivity contribution in [2.45, 2.75) is 44.8 Å². The van der Waals surface area contributed by atoms with E-state index in [0.29, 0.717) is 6.10 Å². The highest BCUT2D eigenvalue weighted by Crippen LogP contribution is 2.22. The van der Waals surface area contributed by atoms with E-state index in [1.807, 2.05) is 0 Å². The molecule has 0 amide bonds. The van der Waals surface area contributed by atoms with E-state index < -0.39 is 0 Å². The first kappa shape index (κ1) is 8.02. The SMILES string of the molecule is CCCCOC1CC(O)C1. The fraction of sp³-hybridized carbons (Fsp3) is 1.00. The number of aliphatic hydroxyl groups is 1. The van der Waals surface area contributed by atoms with E-state index in [0.717, 1.165) is 25.9 Å². The van der Waals surface area contributed by atoms with Gasteiger partial charge in [0.1, 0.15) is 0 Å². The largest absolute Gasteiger partial charge is 0.393 e. The summed E-state index contributed by atoms with van der Waals surface area (Å²) < 4.78 is 5.43. The summed E-state index contributed by atoms with van der Waals surface area (Å²) in [5.41, 5.74) is 0. The highest BCUT2D eigenvalue weighted by molar-refractivity contribution is 4.78. The molecule has 1 saturated carbocycles. The van der Waals surface area contributed by atoms with Gasteiger partial charge in [-0.05, 0) is 19.3 Å². The van der Waals surface area contributed by atoms with Crippen LogP contribution in [0, 0.1) is 0 Å². The van der Waals surface area contributed by atoms with Crippen LogP contribution in [0.25, 0.3) is 0 Å². The minimum absolute atomic E-state index is 0.0772. The van der Waals surface area contributed by atoms with Gasteiger partial charge in [-0.25, -0.2) is 0 Å². The second-order valence-corrected chi connectivity index (χ2v) is 2.97. The number of unbranched alkanes of at least 4 members (excludes halogenated alkanes) is 1. The number of ether oxygens (including phenoxy) is 1. The minimum atomic E-state index is -0.0772. The van der Waals surface area contributed by atoms with Crippen LogP contribution in [-0.2, 0) is 4.74 Å². The lowest BCUT2D eigenvalue weighted by atomic mass is 9.92. The molecule has 0 saturated heterocycles. The third-order valence-corrected chi connectivity index (χ3v) is 1.92. The van der Waals surface area contributed by atoms with Crippen molar-refractivity contribution in [1.82, 2.24) is 0 Å². The fourth-order valence-corrected chi connectivity index (χ4v) is 1.07. The topological polar surface area (TPSA) is 29.5 Å². The molecular weight excluding hydrogens is 128 g/mol. The van der Waals surface area contributed by atoms with Crippen LogP contribution in [0.4, 0.5) is 0 Å². The first-order chi connectivity index (χ1) is 4.83. The Balaban J connectivity index is 1.86. The van der Waals surface area contributed by atoms with Gasteiger partial charge < -0.3 is 9.84 Å². The zero-order valence-corrected chi connectivity index (χ0v) is 6.55. The molecule has 2 heteroatoms. The highest BCUT2D eigenvalue weighted by atomic mass is 16.5. The van der Waals surface area contributed by atoms with Crippen LogP contribution in [0.15, 0.2) is 0 Å². The Morgan fingerprint density at radius 2 is 2.20 bits per heavy atom. The third-order valence-electron chi connectivity index (χ3n) is 1.92. The first-order valence-corrected chi connectivity index (χ1v) is 4.12. The van der Waals surface area contributed by atoms with E-state index in [9.17, 15) is 0 Å². The maximum atomic E-state index is 8.89. The summed E-state index contributed by atoms with van der Waals surface area (Å²) in [5, 5.41) is 8.89. The van der Waals surface area contributed by atoms with Gasteiger partial charge in [-0.1, -0.05) is 13.3 Å². The van der Waals surface area contributed by atoms with Gasteiger partial charge in [0.25, 0.3) is 0 Å². The average Bonchev–Trinajstić information content (AvgIpc) is 1.85. The Morgan fingerprint density at radius 1 is 1.50 bits per heavy atom. The second kappa shape index (κ2) is 3.94. The number of aliphatic hydroxyl groups excluding tert-OH is 1. The molecular formula is C8H16O2. The molecule has 1 fully saturated rings. The molecule has 0 aromatic rings. The average molecular weight is 144 g/mol. The first-order valence-electron chi connectivity index (χ1n) is 4.12. The number of hydrogen-bond acceptors (Lipinski definition) is 2. The van der Waals surface area contributed by atoms with Crippen LogP contribution >= 0.6 is 0 Å². The van der Waals surface area contributed by atoms with Gasteiger partial charge in [0.15, 0.2) is 0 Å². The van der Waals surface area contributed by atoms with Crippen molar-refractivity contribution in [3.63, 3.8) is 0 Å². The molecule has 0 heterocycles. The van der Waals surface area contributed by atoms with Crippen molar-refractivity contribution < 1.29 is 9.84 Å². The summed E-state index contributed by atoms with van der Waals surface area (Å²) in [6, 6.07) is 0. The van der Waals surface area contributed by atoms with Crippen molar-refractivity contribution >= 4 is 0 Å². The quantitative estimate of drug-likeness (QED) is 0.603. The molecule has 1 rings (SSSR count). The predicted octanol–water partition coefficient (Wildman–Crippen LogP) is 1.33. The second-order valence-electron chi connectivity index (χ2n) is 2.97. The standard InChI is InChI=1S/C8H16O2/c1-2-3-4-10-8-5-7(9)6-8/h7-9H,2-6H2,1H3. The summed E-state index contributed by atoms with van der Waals surface area (Å²) in [6.07, 6.45) is 4.32.